The van der Waals surface area contributed by atoms with Gasteiger partial charge in [0, 0.05) is 18.0 Å². The molecule has 0 aliphatic carbocycles. The van der Waals surface area contributed by atoms with Crippen LogP contribution in [0.25, 0.3) is 17.0 Å². The summed E-state index contributed by atoms with van der Waals surface area (Å²) in [4.78, 5) is 4.00. The average molecular weight is 259 g/mol. The van der Waals surface area contributed by atoms with Gasteiger partial charge in [-0.25, -0.2) is 4.98 Å². The van der Waals surface area contributed by atoms with E-state index in [1.54, 1.807) is 6.20 Å². The summed E-state index contributed by atoms with van der Waals surface area (Å²) in [5.74, 6) is 0.796. The number of rotatable bonds is 1. The first-order valence-electron chi connectivity index (χ1n) is 5.60. The lowest BCUT2D eigenvalue weighted by Gasteiger charge is -2.07. The lowest BCUT2D eigenvalue weighted by Crippen LogP contribution is -1.95. The third-order valence-electron chi connectivity index (χ3n) is 2.99. The number of hydrogen-bond acceptors (Lipinski definition) is 3. The highest BCUT2D eigenvalue weighted by Gasteiger charge is 2.14. The van der Waals surface area contributed by atoms with Crippen molar-refractivity contribution >= 4 is 17.2 Å². The Hall–Kier alpha value is -1.94. The zero-order chi connectivity index (χ0) is 12.7. The van der Waals surface area contributed by atoms with Crippen LogP contribution in [-0.2, 0) is 0 Å². The number of nitrogens with zero attached hydrogens (tertiary/aromatic N) is 4. The molecule has 0 aliphatic rings. The van der Waals surface area contributed by atoms with Gasteiger partial charge < -0.3 is 0 Å². The van der Waals surface area contributed by atoms with Gasteiger partial charge in [0.15, 0.2) is 16.6 Å². The van der Waals surface area contributed by atoms with Gasteiger partial charge in [-0.3, -0.25) is 4.40 Å². The van der Waals surface area contributed by atoms with Gasteiger partial charge in [0.25, 0.3) is 0 Å². The van der Waals surface area contributed by atoms with Crippen LogP contribution in [0.2, 0.25) is 5.15 Å². The van der Waals surface area contributed by atoms with Gasteiger partial charge in [-0.2, -0.15) is 0 Å². The Labute approximate surface area is 109 Å². The first-order chi connectivity index (χ1) is 8.68. The second-order valence-electron chi connectivity index (χ2n) is 4.20. The van der Waals surface area contributed by atoms with E-state index >= 15 is 0 Å². The van der Waals surface area contributed by atoms with Crippen LogP contribution in [0.4, 0.5) is 0 Å². The van der Waals surface area contributed by atoms with Crippen LogP contribution in [-0.4, -0.2) is 19.6 Å². The molecular formula is C13H11ClN4. The van der Waals surface area contributed by atoms with Gasteiger partial charge in [0.05, 0.1) is 0 Å². The van der Waals surface area contributed by atoms with Crippen molar-refractivity contribution in [2.45, 2.75) is 13.8 Å². The van der Waals surface area contributed by atoms with E-state index in [1.807, 2.05) is 16.7 Å². The van der Waals surface area contributed by atoms with Gasteiger partial charge >= 0.3 is 0 Å². The topological polar surface area (TPSA) is 43.1 Å². The van der Waals surface area contributed by atoms with Gasteiger partial charge in [0.1, 0.15) is 0 Å². The molecule has 5 heteroatoms. The van der Waals surface area contributed by atoms with Crippen molar-refractivity contribution in [1.29, 1.82) is 0 Å². The summed E-state index contributed by atoms with van der Waals surface area (Å²) in [6.45, 7) is 4.12. The maximum atomic E-state index is 6.00. The fourth-order valence-electron chi connectivity index (χ4n) is 2.13. The first-order valence-corrected chi connectivity index (χ1v) is 5.98. The third-order valence-corrected chi connectivity index (χ3v) is 3.26. The normalized spacial score (nSPS) is 11.1. The second-order valence-corrected chi connectivity index (χ2v) is 4.56. The molecule has 0 fully saturated rings. The zero-order valence-corrected chi connectivity index (χ0v) is 10.8. The van der Waals surface area contributed by atoms with Crippen LogP contribution in [0, 0.1) is 13.8 Å². The van der Waals surface area contributed by atoms with Crippen LogP contribution in [0.5, 0.6) is 0 Å². The highest BCUT2D eigenvalue weighted by atomic mass is 35.5. The maximum absolute atomic E-state index is 6.00. The molecule has 3 aromatic rings. The Bertz CT molecular complexity index is 713. The molecule has 2 heterocycles. The third kappa shape index (κ3) is 1.57. The SMILES string of the molecule is Cc1cccc(C)c1-c1nnc2c(Cl)nccn12. The fraction of sp³-hybridized carbons (Fsp3) is 0.154. The van der Waals surface area contributed by atoms with Crippen molar-refractivity contribution in [2.75, 3.05) is 0 Å². The lowest BCUT2D eigenvalue weighted by atomic mass is 10.0. The Balaban J connectivity index is 2.36. The number of hydrogen-bond donors (Lipinski definition) is 0. The van der Waals surface area contributed by atoms with Crippen LogP contribution >= 0.6 is 11.6 Å². The van der Waals surface area contributed by atoms with E-state index in [-0.39, 0.29) is 0 Å². The predicted octanol–water partition coefficient (Wildman–Crippen LogP) is 3.06. The molecule has 3 rings (SSSR count). The Morgan fingerprint density at radius 3 is 2.56 bits per heavy atom. The molecule has 0 saturated heterocycles. The molecule has 0 amide bonds. The van der Waals surface area contributed by atoms with Crippen molar-refractivity contribution < 1.29 is 0 Å². The summed E-state index contributed by atoms with van der Waals surface area (Å²) < 4.78 is 1.87. The summed E-state index contributed by atoms with van der Waals surface area (Å²) in [5.41, 5.74) is 4.00. The Morgan fingerprint density at radius 2 is 1.83 bits per heavy atom. The van der Waals surface area contributed by atoms with Gasteiger partial charge in [-0.05, 0) is 25.0 Å². The molecule has 0 atom stereocenters. The molecule has 0 spiro atoms. The van der Waals surface area contributed by atoms with E-state index in [0.717, 1.165) is 22.5 Å². The van der Waals surface area contributed by atoms with Gasteiger partial charge in [-0.1, -0.05) is 29.8 Å². The summed E-state index contributed by atoms with van der Waals surface area (Å²) in [7, 11) is 0. The summed E-state index contributed by atoms with van der Waals surface area (Å²) >= 11 is 6.00. The quantitative estimate of drug-likeness (QED) is 0.674. The van der Waals surface area contributed by atoms with Crippen molar-refractivity contribution in [1.82, 2.24) is 19.6 Å². The Morgan fingerprint density at radius 1 is 1.11 bits per heavy atom. The maximum Gasteiger partial charge on any atom is 0.198 e. The molecule has 0 bridgehead atoms. The number of fused-ring (bicyclic) bond motifs is 1. The molecule has 0 aliphatic heterocycles. The summed E-state index contributed by atoms with van der Waals surface area (Å²) in [5, 5.41) is 8.70. The number of benzene rings is 1. The van der Waals surface area contributed by atoms with E-state index < -0.39 is 0 Å². The predicted molar refractivity (Wildman–Crippen MR) is 70.7 cm³/mol. The minimum Gasteiger partial charge on any atom is -0.278 e. The molecule has 0 unspecified atom stereocenters. The van der Waals surface area contributed by atoms with E-state index in [1.165, 1.54) is 0 Å². The van der Waals surface area contributed by atoms with Crippen molar-refractivity contribution in [3.63, 3.8) is 0 Å². The van der Waals surface area contributed by atoms with E-state index in [9.17, 15) is 0 Å². The highest BCUT2D eigenvalue weighted by Crippen LogP contribution is 2.26. The van der Waals surface area contributed by atoms with Crippen LogP contribution in [0.3, 0.4) is 0 Å². The van der Waals surface area contributed by atoms with Crippen molar-refractivity contribution in [3.8, 4) is 11.4 Å². The largest absolute Gasteiger partial charge is 0.278 e. The van der Waals surface area contributed by atoms with Gasteiger partial charge in [0.2, 0.25) is 0 Å². The number of halogens is 1. The van der Waals surface area contributed by atoms with E-state index in [2.05, 4.69) is 41.2 Å². The molecule has 1 aromatic carbocycles. The monoisotopic (exact) mass is 258 g/mol. The molecule has 0 radical (unpaired) electrons. The Kier molecular flexibility index (Phi) is 2.52. The molecule has 90 valence electrons. The van der Waals surface area contributed by atoms with Crippen molar-refractivity contribution in [3.05, 3.63) is 46.9 Å². The highest BCUT2D eigenvalue weighted by molar-refractivity contribution is 6.32. The fourth-order valence-corrected chi connectivity index (χ4v) is 2.32. The van der Waals surface area contributed by atoms with E-state index in [0.29, 0.717) is 10.8 Å². The standard InChI is InChI=1S/C13H11ClN4/c1-8-4-3-5-9(2)10(8)12-16-17-13-11(14)15-6-7-18(12)13/h3-7H,1-2H3. The number of aromatic nitrogens is 4. The number of aryl methyl sites for hydroxylation is 2. The first kappa shape index (κ1) is 11.2. The molecule has 0 N–H and O–H groups in total. The van der Waals surface area contributed by atoms with E-state index in [4.69, 9.17) is 11.6 Å². The molecule has 2 aromatic heterocycles. The lowest BCUT2D eigenvalue weighted by molar-refractivity contribution is 1.10. The van der Waals surface area contributed by atoms with Crippen LogP contribution in [0.1, 0.15) is 11.1 Å². The smallest absolute Gasteiger partial charge is 0.198 e. The molecule has 18 heavy (non-hydrogen) atoms. The van der Waals surface area contributed by atoms with Crippen LogP contribution < -0.4 is 0 Å². The molecule has 4 nitrogen and oxygen atoms in total. The zero-order valence-electron chi connectivity index (χ0n) is 10.1. The summed E-state index contributed by atoms with van der Waals surface area (Å²) in [6, 6.07) is 6.16. The van der Waals surface area contributed by atoms with Crippen molar-refractivity contribution in [2.24, 2.45) is 0 Å². The minimum atomic E-state index is 0.363. The summed E-state index contributed by atoms with van der Waals surface area (Å²) in [6.07, 6.45) is 3.47. The molecular weight excluding hydrogens is 248 g/mol. The average Bonchev–Trinajstić information content (AvgIpc) is 2.75. The molecule has 0 saturated carbocycles. The second kappa shape index (κ2) is 4.07. The minimum absolute atomic E-state index is 0.363. The van der Waals surface area contributed by atoms with Crippen LogP contribution in [0.15, 0.2) is 30.6 Å². The van der Waals surface area contributed by atoms with Gasteiger partial charge in [-0.15, -0.1) is 10.2 Å².